The van der Waals surface area contributed by atoms with Crippen LogP contribution in [0.3, 0.4) is 0 Å². The number of carbonyl (C=O) groups excluding carboxylic acids is 1. The maximum absolute atomic E-state index is 12.6. The first-order chi connectivity index (χ1) is 19.6. The summed E-state index contributed by atoms with van der Waals surface area (Å²) >= 11 is 0. The molecule has 1 amide bonds. The van der Waals surface area contributed by atoms with Crippen LogP contribution in [-0.2, 0) is 0 Å². The minimum atomic E-state index is -0.179. The third-order valence-corrected chi connectivity index (χ3v) is 7.37. The third kappa shape index (κ3) is 4.44. The number of nitrogens with zero attached hydrogens (tertiary/aromatic N) is 6. The molecule has 198 valence electrons. The van der Waals surface area contributed by atoms with Gasteiger partial charge in [0.25, 0.3) is 5.91 Å². The number of imidazole rings is 1. The summed E-state index contributed by atoms with van der Waals surface area (Å²) in [6.07, 6.45) is 5.25. The minimum Gasteiger partial charge on any atom is -0.367 e. The maximum Gasteiger partial charge on any atom is 0.255 e. The molecule has 4 aromatic heterocycles. The number of amides is 1. The smallest absolute Gasteiger partial charge is 0.255 e. The van der Waals surface area contributed by atoms with Crippen molar-refractivity contribution >= 4 is 39.3 Å². The number of carbonyl (C=O) groups is 1. The number of aromatic amines is 2. The summed E-state index contributed by atoms with van der Waals surface area (Å²) in [4.78, 5) is 34.6. The number of hydrogen-bond acceptors (Lipinski definition) is 7. The van der Waals surface area contributed by atoms with Crippen LogP contribution in [0, 0.1) is 0 Å². The molecule has 1 fully saturated rings. The zero-order valence-electron chi connectivity index (χ0n) is 21.9. The fourth-order valence-corrected chi connectivity index (χ4v) is 5.15. The quantitative estimate of drug-likeness (QED) is 0.299. The summed E-state index contributed by atoms with van der Waals surface area (Å²) < 4.78 is 0. The molecule has 0 spiro atoms. The Balaban J connectivity index is 1.21. The van der Waals surface area contributed by atoms with Crippen LogP contribution < -0.4 is 10.2 Å². The highest BCUT2D eigenvalue weighted by Crippen LogP contribution is 2.32. The van der Waals surface area contributed by atoms with E-state index in [1.54, 1.807) is 24.5 Å². The van der Waals surface area contributed by atoms with E-state index in [1.807, 2.05) is 48.7 Å². The number of H-pyrrole nitrogens is 2. The van der Waals surface area contributed by atoms with Gasteiger partial charge < -0.3 is 20.1 Å². The molecule has 40 heavy (non-hydrogen) atoms. The van der Waals surface area contributed by atoms with Crippen LogP contribution in [0.15, 0.2) is 79.3 Å². The van der Waals surface area contributed by atoms with Crippen molar-refractivity contribution in [2.45, 2.75) is 0 Å². The van der Waals surface area contributed by atoms with Crippen LogP contribution in [0.1, 0.15) is 10.4 Å². The van der Waals surface area contributed by atoms with Gasteiger partial charge in [-0.25, -0.2) is 9.97 Å². The van der Waals surface area contributed by atoms with Crippen LogP contribution in [0.2, 0.25) is 0 Å². The van der Waals surface area contributed by atoms with Gasteiger partial charge >= 0.3 is 0 Å². The normalized spacial score (nSPS) is 14.2. The van der Waals surface area contributed by atoms with Gasteiger partial charge in [-0.15, -0.1) is 0 Å². The van der Waals surface area contributed by atoms with Crippen LogP contribution in [-0.4, -0.2) is 74.2 Å². The monoisotopic (exact) mass is 529 g/mol. The van der Waals surface area contributed by atoms with Crippen LogP contribution in [0.25, 0.3) is 44.7 Å². The van der Waals surface area contributed by atoms with Gasteiger partial charge in [-0.3, -0.25) is 14.9 Å². The van der Waals surface area contributed by atoms with Crippen LogP contribution >= 0.6 is 0 Å². The Bertz CT molecular complexity index is 1830. The van der Waals surface area contributed by atoms with Gasteiger partial charge in [-0.1, -0.05) is 24.3 Å². The zero-order chi connectivity index (χ0) is 27.1. The van der Waals surface area contributed by atoms with E-state index in [9.17, 15) is 4.79 Å². The number of hydrogen-bond donors (Lipinski definition) is 3. The van der Waals surface area contributed by atoms with Gasteiger partial charge in [0.1, 0.15) is 11.2 Å². The van der Waals surface area contributed by atoms with Crippen molar-refractivity contribution in [3.63, 3.8) is 0 Å². The van der Waals surface area contributed by atoms with Crippen molar-refractivity contribution in [2.75, 3.05) is 43.4 Å². The highest BCUT2D eigenvalue weighted by Gasteiger charge is 2.20. The molecule has 1 aliphatic rings. The third-order valence-electron chi connectivity index (χ3n) is 7.37. The van der Waals surface area contributed by atoms with Crippen molar-refractivity contribution in [2.24, 2.45) is 0 Å². The molecule has 0 saturated carbocycles. The second-order valence-electron chi connectivity index (χ2n) is 10.0. The van der Waals surface area contributed by atoms with Gasteiger partial charge in [-0.05, 0) is 49.0 Å². The van der Waals surface area contributed by atoms with Gasteiger partial charge in [0.05, 0.1) is 23.1 Å². The lowest BCUT2D eigenvalue weighted by atomic mass is 10.0. The summed E-state index contributed by atoms with van der Waals surface area (Å²) in [6.45, 7) is 3.95. The van der Waals surface area contributed by atoms with Crippen molar-refractivity contribution in [1.29, 1.82) is 0 Å². The summed E-state index contributed by atoms with van der Waals surface area (Å²) in [5.41, 5.74) is 7.36. The maximum atomic E-state index is 12.6. The van der Waals surface area contributed by atoms with Crippen LogP contribution in [0.4, 0.5) is 11.4 Å². The molecule has 0 radical (unpaired) electrons. The first-order valence-electron chi connectivity index (χ1n) is 13.2. The zero-order valence-corrected chi connectivity index (χ0v) is 21.9. The Labute approximate surface area is 230 Å². The van der Waals surface area contributed by atoms with Crippen molar-refractivity contribution in [3.05, 3.63) is 84.8 Å². The molecule has 6 aromatic rings. The molecule has 10 heteroatoms. The minimum absolute atomic E-state index is 0.179. The standard InChI is InChI=1S/C30H27N9O/c1-38-11-13-39(14-12-38)25-9-10-32-28-27(25)34-29(35-28)26-23-16-20(7-8-24(23)36-37-26)21-15-22(18-31-17-21)33-30(40)19-5-3-2-4-6-19/h2-10,15-18H,11-14H2,1H3,(H,33,40)(H,36,37)(H,32,34,35). The molecule has 1 saturated heterocycles. The molecule has 10 nitrogen and oxygen atoms in total. The number of anilines is 2. The number of rotatable bonds is 5. The fraction of sp³-hybridized carbons (Fsp3) is 0.167. The molecule has 0 unspecified atom stereocenters. The molecule has 2 aromatic carbocycles. The summed E-state index contributed by atoms with van der Waals surface area (Å²) in [6, 6.07) is 19.2. The van der Waals surface area contributed by atoms with Crippen LogP contribution in [0.5, 0.6) is 0 Å². The Morgan fingerprint density at radius 3 is 2.65 bits per heavy atom. The number of fused-ring (bicyclic) bond motifs is 2. The molecular formula is C30H27N9O. The lowest BCUT2D eigenvalue weighted by molar-refractivity contribution is 0.102. The summed E-state index contributed by atoms with van der Waals surface area (Å²) in [5, 5.41) is 11.6. The number of benzene rings is 2. The lowest BCUT2D eigenvalue weighted by Gasteiger charge is -2.34. The second kappa shape index (κ2) is 9.90. The van der Waals surface area contributed by atoms with Crippen molar-refractivity contribution in [3.8, 4) is 22.6 Å². The molecule has 0 atom stereocenters. The topological polar surface area (TPSA) is 119 Å². The highest BCUT2D eigenvalue weighted by molar-refractivity contribution is 6.04. The number of likely N-dealkylation sites (N-methyl/N-ethyl adjacent to an activating group) is 1. The van der Waals surface area contributed by atoms with Crippen molar-refractivity contribution < 1.29 is 4.79 Å². The molecule has 7 rings (SSSR count). The highest BCUT2D eigenvalue weighted by atomic mass is 16.1. The second-order valence-corrected chi connectivity index (χ2v) is 10.0. The first kappa shape index (κ1) is 24.0. The van der Waals surface area contributed by atoms with E-state index in [0.29, 0.717) is 22.7 Å². The van der Waals surface area contributed by atoms with E-state index in [1.165, 1.54) is 0 Å². The van der Waals surface area contributed by atoms with Gasteiger partial charge in [0, 0.05) is 55.1 Å². The van der Waals surface area contributed by atoms with E-state index in [2.05, 4.69) is 53.4 Å². The Kier molecular flexibility index (Phi) is 5.94. The van der Waals surface area contributed by atoms with E-state index in [4.69, 9.17) is 4.98 Å². The first-order valence-corrected chi connectivity index (χ1v) is 13.2. The molecule has 5 heterocycles. The average molecular weight is 530 g/mol. The number of nitrogens with one attached hydrogen (secondary N) is 3. The molecule has 1 aliphatic heterocycles. The lowest BCUT2D eigenvalue weighted by Crippen LogP contribution is -2.44. The fourth-order valence-electron chi connectivity index (χ4n) is 5.15. The average Bonchev–Trinajstić information content (AvgIpc) is 3.62. The van der Waals surface area contributed by atoms with E-state index < -0.39 is 0 Å². The Morgan fingerprint density at radius 2 is 1.80 bits per heavy atom. The summed E-state index contributed by atoms with van der Waals surface area (Å²) in [7, 11) is 2.15. The summed E-state index contributed by atoms with van der Waals surface area (Å²) in [5.74, 6) is 0.482. The van der Waals surface area contributed by atoms with Crippen molar-refractivity contribution in [1.82, 2.24) is 35.0 Å². The molecule has 3 N–H and O–H groups in total. The SMILES string of the molecule is CN1CCN(c2ccnc3nc(-c4n[nH]c5ccc(-c6cncc(NC(=O)c7ccccc7)c6)cc45)[nH]c23)CC1. The Hall–Kier alpha value is -5.09. The van der Waals surface area contributed by atoms with E-state index in [-0.39, 0.29) is 5.91 Å². The molecule has 0 aliphatic carbocycles. The Morgan fingerprint density at radius 1 is 0.950 bits per heavy atom. The molecular weight excluding hydrogens is 502 g/mol. The van der Waals surface area contributed by atoms with Gasteiger partial charge in [-0.2, -0.15) is 5.10 Å². The predicted molar refractivity (Wildman–Crippen MR) is 156 cm³/mol. The largest absolute Gasteiger partial charge is 0.367 e. The molecule has 0 bridgehead atoms. The predicted octanol–water partition coefficient (Wildman–Crippen LogP) is 4.57. The van der Waals surface area contributed by atoms with Gasteiger partial charge in [0.2, 0.25) is 0 Å². The van der Waals surface area contributed by atoms with Gasteiger partial charge in [0.15, 0.2) is 11.5 Å². The number of piperazine rings is 1. The van der Waals surface area contributed by atoms with E-state index in [0.717, 1.165) is 65.1 Å². The number of aromatic nitrogens is 6. The van der Waals surface area contributed by atoms with E-state index >= 15 is 0 Å². The number of pyridine rings is 2.